The maximum atomic E-state index is 5.85. The second-order valence-electron chi connectivity index (χ2n) is 5.44. The Hall–Kier alpha value is -1.49. The minimum absolute atomic E-state index is 0.407. The molecule has 0 bridgehead atoms. The number of aromatic nitrogens is 1. The van der Waals surface area contributed by atoms with Crippen molar-refractivity contribution in [2.75, 3.05) is 38.3 Å². The number of hydrogen-bond acceptors (Lipinski definition) is 5. The highest BCUT2D eigenvalue weighted by Gasteiger charge is 2.34. The van der Waals surface area contributed by atoms with Gasteiger partial charge in [-0.15, -0.1) is 0 Å². The Bertz CT molecular complexity index is 464. The van der Waals surface area contributed by atoms with E-state index in [1.807, 2.05) is 6.07 Å². The molecule has 1 atom stereocenters. The van der Waals surface area contributed by atoms with Crippen LogP contribution in [-0.2, 0) is 0 Å². The van der Waals surface area contributed by atoms with Gasteiger partial charge in [0.05, 0.1) is 19.3 Å². The van der Waals surface area contributed by atoms with Crippen molar-refractivity contribution in [3.05, 3.63) is 12.3 Å². The van der Waals surface area contributed by atoms with Crippen LogP contribution in [0.2, 0.25) is 0 Å². The van der Waals surface area contributed by atoms with Gasteiger partial charge in [-0.05, 0) is 13.8 Å². The van der Waals surface area contributed by atoms with E-state index in [0.29, 0.717) is 12.1 Å². The van der Waals surface area contributed by atoms with Gasteiger partial charge in [-0.1, -0.05) is 0 Å². The van der Waals surface area contributed by atoms with Crippen molar-refractivity contribution in [1.29, 1.82) is 0 Å². The summed E-state index contributed by atoms with van der Waals surface area (Å²) in [6.07, 6.45) is 1.76. The van der Waals surface area contributed by atoms with Crippen LogP contribution in [0.1, 0.15) is 13.8 Å². The monoisotopic (exact) mass is 263 g/mol. The van der Waals surface area contributed by atoms with Crippen LogP contribution in [0.4, 0.5) is 5.82 Å². The van der Waals surface area contributed by atoms with Gasteiger partial charge in [0.15, 0.2) is 11.6 Å². The molecule has 0 radical (unpaired) electrons. The average molecular weight is 263 g/mol. The summed E-state index contributed by atoms with van der Waals surface area (Å²) in [6, 6.07) is 2.92. The van der Waals surface area contributed by atoms with Crippen LogP contribution in [0, 0.1) is 0 Å². The standard InChI is InChI=1S/C14H21N3O2/c1-10(2)16-4-5-17-11(8-16)9-19-13-6-12(18-3)7-15-14(13)17/h6-7,10-11H,4-5,8-9H2,1-3H3/t11-/m1/s1. The minimum atomic E-state index is 0.407. The quantitative estimate of drug-likeness (QED) is 0.806. The first-order chi connectivity index (χ1) is 9.19. The molecular weight excluding hydrogens is 242 g/mol. The van der Waals surface area contributed by atoms with Crippen molar-refractivity contribution in [2.24, 2.45) is 0 Å². The summed E-state index contributed by atoms with van der Waals surface area (Å²) in [5.74, 6) is 2.55. The van der Waals surface area contributed by atoms with Crippen LogP contribution in [-0.4, -0.2) is 55.3 Å². The molecule has 1 saturated heterocycles. The molecule has 2 aliphatic heterocycles. The maximum Gasteiger partial charge on any atom is 0.172 e. The number of fused-ring (bicyclic) bond motifs is 3. The molecule has 5 heteroatoms. The zero-order valence-electron chi connectivity index (χ0n) is 11.8. The second-order valence-corrected chi connectivity index (χ2v) is 5.44. The number of rotatable bonds is 2. The van der Waals surface area contributed by atoms with Crippen LogP contribution in [0.15, 0.2) is 12.3 Å². The molecule has 1 aromatic heterocycles. The zero-order valence-corrected chi connectivity index (χ0v) is 11.8. The van der Waals surface area contributed by atoms with E-state index in [1.54, 1.807) is 13.3 Å². The summed E-state index contributed by atoms with van der Waals surface area (Å²) in [7, 11) is 1.65. The molecule has 0 N–H and O–H groups in total. The number of ether oxygens (including phenoxy) is 2. The molecule has 0 spiro atoms. The van der Waals surface area contributed by atoms with Crippen LogP contribution in [0.25, 0.3) is 0 Å². The van der Waals surface area contributed by atoms with Crippen LogP contribution in [0.3, 0.4) is 0 Å². The summed E-state index contributed by atoms with van der Waals surface area (Å²) in [5, 5.41) is 0. The summed E-state index contributed by atoms with van der Waals surface area (Å²) < 4.78 is 11.0. The van der Waals surface area contributed by atoms with Gasteiger partial charge in [0.1, 0.15) is 12.4 Å². The summed E-state index contributed by atoms with van der Waals surface area (Å²) in [6.45, 7) is 8.36. The normalized spacial score (nSPS) is 22.7. The number of piperazine rings is 1. The maximum absolute atomic E-state index is 5.85. The Morgan fingerprint density at radius 2 is 2.26 bits per heavy atom. The first kappa shape index (κ1) is 12.5. The fraction of sp³-hybridized carbons (Fsp3) is 0.643. The van der Waals surface area contributed by atoms with Crippen molar-refractivity contribution in [1.82, 2.24) is 9.88 Å². The van der Waals surface area contributed by atoms with Crippen LogP contribution in [0.5, 0.6) is 11.5 Å². The first-order valence-electron chi connectivity index (χ1n) is 6.86. The van der Waals surface area contributed by atoms with Gasteiger partial charge in [0.25, 0.3) is 0 Å². The van der Waals surface area contributed by atoms with E-state index in [1.165, 1.54) is 0 Å². The van der Waals surface area contributed by atoms with Crippen molar-refractivity contribution >= 4 is 5.82 Å². The van der Waals surface area contributed by atoms with Gasteiger partial charge in [0, 0.05) is 31.7 Å². The number of pyridine rings is 1. The van der Waals surface area contributed by atoms with Crippen molar-refractivity contribution in [3.8, 4) is 11.5 Å². The molecule has 0 unspecified atom stereocenters. The van der Waals surface area contributed by atoms with E-state index in [0.717, 1.165) is 43.6 Å². The Kier molecular flexibility index (Phi) is 3.22. The molecule has 0 amide bonds. The lowest BCUT2D eigenvalue weighted by Crippen LogP contribution is -2.58. The Morgan fingerprint density at radius 3 is 3.00 bits per heavy atom. The SMILES string of the molecule is COc1cnc2c(c1)OC[C@H]1CN(C(C)C)CCN21. The molecule has 3 rings (SSSR count). The van der Waals surface area contributed by atoms with Gasteiger partial charge >= 0.3 is 0 Å². The predicted molar refractivity (Wildman–Crippen MR) is 74.1 cm³/mol. The molecule has 5 nitrogen and oxygen atoms in total. The van der Waals surface area contributed by atoms with Crippen LogP contribution >= 0.6 is 0 Å². The summed E-state index contributed by atoms with van der Waals surface area (Å²) in [5.41, 5.74) is 0. The summed E-state index contributed by atoms with van der Waals surface area (Å²) in [4.78, 5) is 9.37. The number of hydrogen-bond donors (Lipinski definition) is 0. The highest BCUT2D eigenvalue weighted by atomic mass is 16.5. The Morgan fingerprint density at radius 1 is 1.42 bits per heavy atom. The van der Waals surface area contributed by atoms with Gasteiger partial charge in [-0.3, -0.25) is 4.90 Å². The lowest BCUT2D eigenvalue weighted by molar-refractivity contribution is 0.140. The molecule has 1 fully saturated rings. The third-order valence-electron chi connectivity index (χ3n) is 3.99. The first-order valence-corrected chi connectivity index (χ1v) is 6.86. The fourth-order valence-electron chi connectivity index (χ4n) is 2.81. The zero-order chi connectivity index (χ0) is 13.4. The molecule has 0 saturated carbocycles. The van der Waals surface area contributed by atoms with Crippen molar-refractivity contribution in [3.63, 3.8) is 0 Å². The van der Waals surface area contributed by atoms with Gasteiger partial charge in [-0.2, -0.15) is 0 Å². The van der Waals surface area contributed by atoms with E-state index in [-0.39, 0.29) is 0 Å². The smallest absolute Gasteiger partial charge is 0.172 e. The number of methoxy groups -OCH3 is 1. The minimum Gasteiger partial charge on any atom is -0.495 e. The molecule has 0 aliphatic carbocycles. The predicted octanol–water partition coefficient (Wildman–Crippen LogP) is 1.38. The molecule has 3 heterocycles. The van der Waals surface area contributed by atoms with Crippen molar-refractivity contribution in [2.45, 2.75) is 25.9 Å². The number of nitrogens with zero attached hydrogens (tertiary/aromatic N) is 3. The Labute approximate surface area is 114 Å². The van der Waals surface area contributed by atoms with Crippen molar-refractivity contribution < 1.29 is 9.47 Å². The van der Waals surface area contributed by atoms with Gasteiger partial charge in [0.2, 0.25) is 0 Å². The molecule has 19 heavy (non-hydrogen) atoms. The highest BCUT2D eigenvalue weighted by molar-refractivity contribution is 5.57. The van der Waals surface area contributed by atoms with E-state index >= 15 is 0 Å². The molecular formula is C14H21N3O2. The molecule has 2 aliphatic rings. The fourth-order valence-corrected chi connectivity index (χ4v) is 2.81. The van der Waals surface area contributed by atoms with Crippen LogP contribution < -0.4 is 14.4 Å². The third-order valence-corrected chi connectivity index (χ3v) is 3.99. The summed E-state index contributed by atoms with van der Waals surface area (Å²) >= 11 is 0. The van der Waals surface area contributed by atoms with Gasteiger partial charge in [-0.25, -0.2) is 4.98 Å². The average Bonchev–Trinajstić information content (AvgIpc) is 2.45. The Balaban J connectivity index is 1.83. The van der Waals surface area contributed by atoms with E-state index in [4.69, 9.17) is 9.47 Å². The van der Waals surface area contributed by atoms with E-state index < -0.39 is 0 Å². The molecule has 1 aromatic rings. The topological polar surface area (TPSA) is 37.8 Å². The largest absolute Gasteiger partial charge is 0.495 e. The molecule has 104 valence electrons. The lowest BCUT2D eigenvalue weighted by atomic mass is 10.1. The lowest BCUT2D eigenvalue weighted by Gasteiger charge is -2.46. The third kappa shape index (κ3) is 2.23. The number of anilines is 1. The van der Waals surface area contributed by atoms with Gasteiger partial charge < -0.3 is 14.4 Å². The highest BCUT2D eigenvalue weighted by Crippen LogP contribution is 2.35. The second kappa shape index (κ2) is 4.89. The van der Waals surface area contributed by atoms with E-state index in [2.05, 4.69) is 28.6 Å². The van der Waals surface area contributed by atoms with E-state index in [9.17, 15) is 0 Å². The molecule has 0 aromatic carbocycles.